The van der Waals surface area contributed by atoms with Crippen LogP contribution in [0.5, 0.6) is 0 Å². The Balaban J connectivity index is 1.37. The van der Waals surface area contributed by atoms with Crippen LogP contribution in [0, 0.1) is 13.8 Å². The molecule has 8 heteroatoms. The summed E-state index contributed by atoms with van der Waals surface area (Å²) in [7, 11) is 0. The van der Waals surface area contributed by atoms with Gasteiger partial charge in [-0.2, -0.15) is 0 Å². The van der Waals surface area contributed by atoms with Gasteiger partial charge >= 0.3 is 0 Å². The first-order valence-electron chi connectivity index (χ1n) is 15.4. The number of carbonyl (C=O) groups excluding carboxylic acids is 2. The highest BCUT2D eigenvalue weighted by Crippen LogP contribution is 2.41. The third-order valence-corrected chi connectivity index (χ3v) is 8.81. The van der Waals surface area contributed by atoms with E-state index in [1.807, 2.05) is 140 Å². The Labute approximate surface area is 286 Å². The van der Waals surface area contributed by atoms with E-state index in [-0.39, 0.29) is 11.8 Å². The van der Waals surface area contributed by atoms with Gasteiger partial charge in [0.05, 0.1) is 44.9 Å². The van der Waals surface area contributed by atoms with Crippen molar-refractivity contribution in [3.8, 4) is 0 Å². The number of halogens is 1. The highest BCUT2D eigenvalue weighted by atomic mass is 79.9. The fourth-order valence-corrected chi connectivity index (χ4v) is 6.31. The van der Waals surface area contributed by atoms with Gasteiger partial charge < -0.3 is 15.5 Å². The Morgan fingerprint density at radius 1 is 0.562 bits per heavy atom. The number of aryl methyl sites for hydroxylation is 2. The van der Waals surface area contributed by atoms with E-state index in [0.29, 0.717) is 44.9 Å². The molecule has 48 heavy (non-hydrogen) atoms. The number of carbonyl (C=O) groups is 2. The smallest absolute Gasteiger partial charge is 0.258 e. The van der Waals surface area contributed by atoms with Gasteiger partial charge in [-0.15, -0.1) is 0 Å². The van der Waals surface area contributed by atoms with Crippen molar-refractivity contribution in [2.45, 2.75) is 13.8 Å². The Morgan fingerprint density at radius 2 is 1.00 bits per heavy atom. The van der Waals surface area contributed by atoms with E-state index in [1.54, 1.807) is 12.4 Å². The number of nitrogens with one attached hydrogen (secondary N) is 2. The molecule has 234 valence electrons. The molecule has 0 atom stereocenters. The van der Waals surface area contributed by atoms with Gasteiger partial charge in [0.1, 0.15) is 0 Å². The van der Waals surface area contributed by atoms with Crippen molar-refractivity contribution in [1.29, 1.82) is 0 Å². The molecular formula is C40H30BrN5O2. The highest BCUT2D eigenvalue weighted by Gasteiger charge is 2.27. The molecule has 0 spiro atoms. The molecule has 2 N–H and O–H groups in total. The maximum atomic E-state index is 14.3. The molecule has 7 aromatic rings. The number of hydrogen-bond donors (Lipinski definition) is 2. The molecule has 0 saturated carbocycles. The SMILES string of the molecule is Cc1cccc(N(c2ccc(Br)cc2)c2cccc(C)c2C(=O)Nc2cccc3cccnc23)c1C(=O)Nc1cccc2cccnc12. The van der Waals surface area contributed by atoms with Gasteiger partial charge in [0.2, 0.25) is 0 Å². The van der Waals surface area contributed by atoms with Crippen molar-refractivity contribution in [3.63, 3.8) is 0 Å². The molecule has 2 aromatic heterocycles. The third-order valence-electron chi connectivity index (χ3n) is 8.28. The number of rotatable bonds is 7. The van der Waals surface area contributed by atoms with Crippen LogP contribution in [0.4, 0.5) is 28.4 Å². The summed E-state index contributed by atoms with van der Waals surface area (Å²) in [6.45, 7) is 3.83. The zero-order valence-electron chi connectivity index (χ0n) is 26.2. The van der Waals surface area contributed by atoms with Crippen LogP contribution in [0.3, 0.4) is 0 Å². The van der Waals surface area contributed by atoms with E-state index < -0.39 is 0 Å². The van der Waals surface area contributed by atoms with Crippen LogP contribution in [0.2, 0.25) is 0 Å². The first kappa shape index (κ1) is 30.8. The van der Waals surface area contributed by atoms with E-state index >= 15 is 0 Å². The van der Waals surface area contributed by atoms with Crippen molar-refractivity contribution >= 4 is 78.0 Å². The number of anilines is 5. The number of hydrogen-bond acceptors (Lipinski definition) is 5. The number of pyridine rings is 2. The van der Waals surface area contributed by atoms with Gasteiger partial charge in [0.15, 0.2) is 0 Å². The van der Waals surface area contributed by atoms with Crippen LogP contribution in [-0.4, -0.2) is 21.8 Å². The van der Waals surface area contributed by atoms with Crippen molar-refractivity contribution in [1.82, 2.24) is 9.97 Å². The highest BCUT2D eigenvalue weighted by molar-refractivity contribution is 9.10. The summed E-state index contributed by atoms with van der Waals surface area (Å²) >= 11 is 3.56. The minimum absolute atomic E-state index is 0.288. The molecular weight excluding hydrogens is 662 g/mol. The molecule has 0 unspecified atom stereocenters. The molecule has 0 radical (unpaired) electrons. The van der Waals surface area contributed by atoms with Crippen LogP contribution in [0.1, 0.15) is 31.8 Å². The summed E-state index contributed by atoms with van der Waals surface area (Å²) in [6, 6.07) is 38.4. The Kier molecular flexibility index (Phi) is 8.40. The number of nitrogens with zero attached hydrogens (tertiary/aromatic N) is 3. The van der Waals surface area contributed by atoms with E-state index in [9.17, 15) is 9.59 Å². The maximum absolute atomic E-state index is 14.3. The predicted octanol–water partition coefficient (Wildman–Crippen LogP) is 10.1. The zero-order valence-corrected chi connectivity index (χ0v) is 27.8. The van der Waals surface area contributed by atoms with Gasteiger partial charge in [-0.05, 0) is 85.6 Å². The maximum Gasteiger partial charge on any atom is 0.258 e. The number of fused-ring (bicyclic) bond motifs is 2. The molecule has 2 heterocycles. The van der Waals surface area contributed by atoms with E-state index in [2.05, 4.69) is 36.5 Å². The summed E-state index contributed by atoms with van der Waals surface area (Å²) in [5.74, 6) is -0.576. The van der Waals surface area contributed by atoms with E-state index in [0.717, 1.165) is 32.1 Å². The number of amides is 2. The van der Waals surface area contributed by atoms with Crippen LogP contribution in [0.25, 0.3) is 21.8 Å². The predicted molar refractivity (Wildman–Crippen MR) is 198 cm³/mol. The lowest BCUT2D eigenvalue weighted by atomic mass is 9.99. The molecule has 0 aliphatic heterocycles. The fraction of sp³-hybridized carbons (Fsp3) is 0.0500. The molecule has 7 rings (SSSR count). The van der Waals surface area contributed by atoms with Crippen molar-refractivity contribution in [2.24, 2.45) is 0 Å². The molecule has 5 aromatic carbocycles. The minimum atomic E-state index is -0.288. The minimum Gasteiger partial charge on any atom is -0.320 e. The van der Waals surface area contributed by atoms with Gasteiger partial charge in [-0.3, -0.25) is 19.6 Å². The van der Waals surface area contributed by atoms with Crippen LogP contribution >= 0.6 is 15.9 Å². The quantitative estimate of drug-likeness (QED) is 0.174. The summed E-state index contributed by atoms with van der Waals surface area (Å²) in [5.41, 5.74) is 7.15. The van der Waals surface area contributed by atoms with Crippen molar-refractivity contribution in [2.75, 3.05) is 15.5 Å². The summed E-state index contributed by atoms with van der Waals surface area (Å²) in [4.78, 5) is 39.7. The average molecular weight is 693 g/mol. The molecule has 0 aliphatic rings. The Hall–Kier alpha value is -5.86. The van der Waals surface area contributed by atoms with Gasteiger partial charge in [-0.1, -0.05) is 76.6 Å². The summed E-state index contributed by atoms with van der Waals surface area (Å²) in [5, 5.41) is 8.10. The first-order chi connectivity index (χ1) is 23.4. The molecule has 7 nitrogen and oxygen atoms in total. The average Bonchev–Trinajstić information content (AvgIpc) is 3.09. The second kappa shape index (κ2) is 13.1. The van der Waals surface area contributed by atoms with Crippen LogP contribution < -0.4 is 15.5 Å². The Bertz CT molecular complexity index is 2190. The number of benzene rings is 5. The standard InChI is InChI=1S/C40H30BrN5O2/c1-25-9-3-17-33(35(25)39(47)44-31-15-5-11-27-13-7-23-42-37(27)31)46(30-21-19-29(41)20-22-30)34-18-4-10-26(2)36(34)40(48)45-32-16-6-12-28-14-8-24-43-38(28)32/h3-24H,1-2H3,(H,44,47)(H,45,48). The zero-order chi connectivity index (χ0) is 33.2. The lowest BCUT2D eigenvalue weighted by Gasteiger charge is -2.30. The molecule has 0 fully saturated rings. The summed E-state index contributed by atoms with van der Waals surface area (Å²) in [6.07, 6.45) is 3.43. The second-order valence-corrected chi connectivity index (χ2v) is 12.3. The number of para-hydroxylation sites is 2. The lowest BCUT2D eigenvalue weighted by Crippen LogP contribution is -2.23. The largest absolute Gasteiger partial charge is 0.320 e. The van der Waals surface area contributed by atoms with Crippen LogP contribution in [0.15, 0.2) is 138 Å². The summed E-state index contributed by atoms with van der Waals surface area (Å²) < 4.78 is 0.905. The first-order valence-corrected chi connectivity index (χ1v) is 16.2. The third kappa shape index (κ3) is 5.89. The second-order valence-electron chi connectivity index (χ2n) is 11.4. The molecule has 0 bridgehead atoms. The fourth-order valence-electron chi connectivity index (χ4n) is 6.05. The van der Waals surface area contributed by atoms with Gasteiger partial charge in [-0.25, -0.2) is 0 Å². The molecule has 2 amide bonds. The van der Waals surface area contributed by atoms with Crippen molar-refractivity contribution in [3.05, 3.63) is 160 Å². The topological polar surface area (TPSA) is 87.2 Å². The van der Waals surface area contributed by atoms with Gasteiger partial charge in [0, 0.05) is 33.3 Å². The molecule has 0 aliphatic carbocycles. The molecule has 0 saturated heterocycles. The van der Waals surface area contributed by atoms with Gasteiger partial charge in [0.25, 0.3) is 11.8 Å². The monoisotopic (exact) mass is 691 g/mol. The van der Waals surface area contributed by atoms with E-state index in [1.165, 1.54) is 0 Å². The van der Waals surface area contributed by atoms with E-state index in [4.69, 9.17) is 0 Å². The van der Waals surface area contributed by atoms with Crippen LogP contribution in [-0.2, 0) is 0 Å². The lowest BCUT2D eigenvalue weighted by molar-refractivity contribution is 0.101. The normalized spacial score (nSPS) is 11.0. The Morgan fingerprint density at radius 3 is 1.48 bits per heavy atom. The van der Waals surface area contributed by atoms with Crippen molar-refractivity contribution < 1.29 is 9.59 Å². The number of aromatic nitrogens is 2.